The normalized spacial score (nSPS) is 19.5. The minimum absolute atomic E-state index is 0.0799. The summed E-state index contributed by atoms with van der Waals surface area (Å²) < 4.78 is 65.2. The molecule has 1 heterocycles. The fourth-order valence-electron chi connectivity index (χ4n) is 2.59. The minimum atomic E-state index is -4.77. The van der Waals surface area contributed by atoms with Crippen molar-refractivity contribution in [1.82, 2.24) is 9.21 Å². The van der Waals surface area contributed by atoms with Gasteiger partial charge in [-0.3, -0.25) is 4.79 Å². The Morgan fingerprint density at radius 3 is 2.50 bits per heavy atom. The van der Waals surface area contributed by atoms with Crippen molar-refractivity contribution in [2.45, 2.75) is 30.0 Å². The second kappa shape index (κ2) is 6.53. The first-order valence-electron chi connectivity index (χ1n) is 7.06. The van der Waals surface area contributed by atoms with E-state index in [-0.39, 0.29) is 6.54 Å². The van der Waals surface area contributed by atoms with Gasteiger partial charge in [-0.05, 0) is 31.0 Å². The molecule has 0 spiro atoms. The lowest BCUT2D eigenvalue weighted by Crippen LogP contribution is -2.45. The Kier molecular flexibility index (Phi) is 5.17. The van der Waals surface area contributed by atoms with Gasteiger partial charge in [-0.1, -0.05) is 11.6 Å². The van der Waals surface area contributed by atoms with E-state index >= 15 is 0 Å². The van der Waals surface area contributed by atoms with Crippen LogP contribution in [0.2, 0.25) is 5.02 Å². The number of nitrogens with zero attached hydrogens (tertiary/aromatic N) is 2. The molecule has 0 radical (unpaired) electrons. The SMILES string of the molecule is CN(C)C(=O)C1CCCN1S(=O)(=O)c1ccc(Cl)c(C(F)(F)F)c1. The molecule has 1 aliphatic heterocycles. The number of benzene rings is 1. The van der Waals surface area contributed by atoms with Crippen molar-refractivity contribution in [3.63, 3.8) is 0 Å². The van der Waals surface area contributed by atoms with Gasteiger partial charge in [-0.2, -0.15) is 17.5 Å². The van der Waals surface area contributed by atoms with Gasteiger partial charge in [0.05, 0.1) is 15.5 Å². The molecule has 0 aromatic heterocycles. The lowest BCUT2D eigenvalue weighted by atomic mass is 10.2. The Hall–Kier alpha value is -1.32. The molecule has 1 unspecified atom stereocenters. The number of rotatable bonds is 3. The Balaban J connectivity index is 2.46. The third-order valence-corrected chi connectivity index (χ3v) is 6.01. The zero-order valence-electron chi connectivity index (χ0n) is 13.0. The van der Waals surface area contributed by atoms with E-state index in [0.717, 1.165) is 16.4 Å². The quantitative estimate of drug-likeness (QED) is 0.805. The molecule has 0 bridgehead atoms. The predicted molar refractivity (Wildman–Crippen MR) is 82.1 cm³/mol. The summed E-state index contributed by atoms with van der Waals surface area (Å²) in [6, 6.07) is 1.51. The molecule has 5 nitrogen and oxygen atoms in total. The van der Waals surface area contributed by atoms with E-state index in [9.17, 15) is 26.4 Å². The van der Waals surface area contributed by atoms with Crippen LogP contribution in [0.1, 0.15) is 18.4 Å². The summed E-state index contributed by atoms with van der Waals surface area (Å²) in [5.74, 6) is -0.402. The Morgan fingerprint density at radius 1 is 1.33 bits per heavy atom. The van der Waals surface area contributed by atoms with Crippen molar-refractivity contribution in [2.24, 2.45) is 0 Å². The molecule has 1 aromatic rings. The van der Waals surface area contributed by atoms with E-state index in [0.29, 0.717) is 18.9 Å². The first kappa shape index (κ1) is 19.0. The van der Waals surface area contributed by atoms with Crippen LogP contribution < -0.4 is 0 Å². The highest BCUT2D eigenvalue weighted by atomic mass is 35.5. The predicted octanol–water partition coefficient (Wildman–Crippen LogP) is 2.60. The molecule has 24 heavy (non-hydrogen) atoms. The number of likely N-dealkylation sites (N-methyl/N-ethyl adjacent to an activating group) is 1. The maximum absolute atomic E-state index is 13.0. The first-order valence-corrected chi connectivity index (χ1v) is 8.88. The first-order chi connectivity index (χ1) is 11.0. The van der Waals surface area contributed by atoms with E-state index in [1.54, 1.807) is 0 Å². The fourth-order valence-corrected chi connectivity index (χ4v) is 4.49. The third-order valence-electron chi connectivity index (χ3n) is 3.78. The average Bonchev–Trinajstić information content (AvgIpc) is 2.95. The van der Waals surface area contributed by atoms with Crippen LogP contribution in [0.3, 0.4) is 0 Å². The molecule has 2 rings (SSSR count). The summed E-state index contributed by atoms with van der Waals surface area (Å²) in [5.41, 5.74) is -1.22. The van der Waals surface area contributed by atoms with Gasteiger partial charge >= 0.3 is 6.18 Å². The van der Waals surface area contributed by atoms with Gasteiger partial charge in [-0.15, -0.1) is 0 Å². The molecule has 10 heteroatoms. The lowest BCUT2D eigenvalue weighted by Gasteiger charge is -2.26. The molecule has 1 aromatic carbocycles. The van der Waals surface area contributed by atoms with Gasteiger partial charge in [0.2, 0.25) is 15.9 Å². The van der Waals surface area contributed by atoms with E-state index < -0.39 is 43.6 Å². The maximum atomic E-state index is 13.0. The summed E-state index contributed by atoms with van der Waals surface area (Å²) >= 11 is 5.52. The van der Waals surface area contributed by atoms with Crippen molar-refractivity contribution in [1.29, 1.82) is 0 Å². The molecule has 1 saturated heterocycles. The zero-order valence-corrected chi connectivity index (χ0v) is 14.5. The van der Waals surface area contributed by atoms with Gasteiger partial charge in [0.15, 0.2) is 0 Å². The molecule has 1 amide bonds. The van der Waals surface area contributed by atoms with Gasteiger partial charge < -0.3 is 4.90 Å². The molecule has 134 valence electrons. The van der Waals surface area contributed by atoms with Crippen LogP contribution in [0.15, 0.2) is 23.1 Å². The zero-order chi connectivity index (χ0) is 18.3. The van der Waals surface area contributed by atoms with Crippen LogP contribution in [0.25, 0.3) is 0 Å². The largest absolute Gasteiger partial charge is 0.417 e. The second-order valence-corrected chi connectivity index (χ2v) is 7.94. The molecular weight excluding hydrogens is 369 g/mol. The standard InChI is InChI=1S/C14H16ClF3N2O3S/c1-19(2)13(21)12-4-3-7-20(12)24(22,23)9-5-6-11(15)10(8-9)14(16,17)18/h5-6,8,12H,3-4,7H2,1-2H3. The van der Waals surface area contributed by atoms with Gasteiger partial charge in [-0.25, -0.2) is 8.42 Å². The number of hydrogen-bond acceptors (Lipinski definition) is 3. The summed E-state index contributed by atoms with van der Waals surface area (Å²) in [6.45, 7) is 0.0799. The maximum Gasteiger partial charge on any atom is 0.417 e. The van der Waals surface area contributed by atoms with Crippen molar-refractivity contribution in [3.8, 4) is 0 Å². The van der Waals surface area contributed by atoms with Crippen LogP contribution in [-0.4, -0.2) is 50.2 Å². The molecular formula is C14H16ClF3N2O3S. The highest BCUT2D eigenvalue weighted by Crippen LogP contribution is 2.37. The molecule has 1 fully saturated rings. The van der Waals surface area contributed by atoms with Crippen molar-refractivity contribution in [2.75, 3.05) is 20.6 Å². The van der Waals surface area contributed by atoms with E-state index in [1.165, 1.54) is 19.0 Å². The summed E-state index contributed by atoms with van der Waals surface area (Å²) in [5, 5.41) is -0.580. The highest BCUT2D eigenvalue weighted by molar-refractivity contribution is 7.89. The number of hydrogen-bond donors (Lipinski definition) is 0. The summed E-state index contributed by atoms with van der Waals surface area (Å²) in [4.78, 5) is 12.9. The Morgan fingerprint density at radius 2 is 1.96 bits per heavy atom. The highest BCUT2D eigenvalue weighted by Gasteiger charge is 2.41. The smallest absolute Gasteiger partial charge is 0.347 e. The van der Waals surface area contributed by atoms with Gasteiger partial charge in [0.25, 0.3) is 0 Å². The monoisotopic (exact) mass is 384 g/mol. The summed E-state index contributed by atoms with van der Waals surface area (Å²) in [6.07, 6.45) is -3.98. The van der Waals surface area contributed by atoms with Crippen molar-refractivity contribution in [3.05, 3.63) is 28.8 Å². The van der Waals surface area contributed by atoms with Crippen molar-refractivity contribution < 1.29 is 26.4 Å². The van der Waals surface area contributed by atoms with E-state index in [1.807, 2.05) is 0 Å². The fraction of sp³-hybridized carbons (Fsp3) is 0.500. The minimum Gasteiger partial charge on any atom is -0.347 e. The number of halogens is 4. The number of carbonyl (C=O) groups is 1. The Bertz CT molecular complexity index is 750. The van der Waals surface area contributed by atoms with Crippen LogP contribution in [0.5, 0.6) is 0 Å². The average molecular weight is 385 g/mol. The molecule has 0 aliphatic carbocycles. The van der Waals surface area contributed by atoms with Gasteiger partial charge in [0, 0.05) is 20.6 Å². The number of carbonyl (C=O) groups excluding carboxylic acids is 1. The number of amides is 1. The Labute approximate surface area is 143 Å². The molecule has 1 aliphatic rings. The van der Waals surface area contributed by atoms with Crippen molar-refractivity contribution >= 4 is 27.5 Å². The third kappa shape index (κ3) is 3.52. The number of sulfonamides is 1. The van der Waals surface area contributed by atoms with Crippen LogP contribution in [0, 0.1) is 0 Å². The second-order valence-electron chi connectivity index (χ2n) is 5.65. The molecule has 1 atom stereocenters. The summed E-state index contributed by atoms with van der Waals surface area (Å²) in [7, 11) is -1.25. The van der Waals surface area contributed by atoms with Crippen LogP contribution >= 0.6 is 11.6 Å². The lowest BCUT2D eigenvalue weighted by molar-refractivity contribution is -0.137. The van der Waals surface area contributed by atoms with E-state index in [2.05, 4.69) is 0 Å². The van der Waals surface area contributed by atoms with Gasteiger partial charge in [0.1, 0.15) is 6.04 Å². The topological polar surface area (TPSA) is 57.7 Å². The molecule has 0 N–H and O–H groups in total. The van der Waals surface area contributed by atoms with Crippen LogP contribution in [0.4, 0.5) is 13.2 Å². The van der Waals surface area contributed by atoms with Crippen LogP contribution in [-0.2, 0) is 21.0 Å². The molecule has 0 saturated carbocycles. The van der Waals surface area contributed by atoms with E-state index in [4.69, 9.17) is 11.6 Å². The number of alkyl halides is 3.